The molecular weight excluding hydrogens is 630 g/mol. The van der Waals surface area contributed by atoms with Gasteiger partial charge in [0.1, 0.15) is 5.75 Å². The van der Waals surface area contributed by atoms with Crippen molar-refractivity contribution in [3.8, 4) is 5.75 Å². The van der Waals surface area contributed by atoms with Crippen molar-refractivity contribution in [1.82, 2.24) is 9.13 Å². The number of aromatic nitrogens is 2. The molecule has 1 aliphatic heterocycles. The Labute approximate surface area is 279 Å². The number of nitrogens with zero attached hydrogens (tertiary/aromatic N) is 3. The first kappa shape index (κ1) is 30.5. The van der Waals surface area contributed by atoms with Gasteiger partial charge in [0.25, 0.3) is 5.56 Å². The second-order valence-electron chi connectivity index (χ2n) is 11.0. The molecule has 6 aromatic rings. The molecule has 1 atom stereocenters. The van der Waals surface area contributed by atoms with E-state index < -0.39 is 12.0 Å². The molecule has 0 saturated carbocycles. The Kier molecular flexibility index (Phi) is 8.37. The van der Waals surface area contributed by atoms with E-state index in [2.05, 4.69) is 10.6 Å². The van der Waals surface area contributed by atoms with E-state index in [1.165, 1.54) is 11.3 Å². The normalized spacial score (nSPS) is 14.6. The number of carbonyl (C=O) groups is 1. The summed E-state index contributed by atoms with van der Waals surface area (Å²) >= 11 is 7.81. The maximum atomic E-state index is 14.4. The van der Waals surface area contributed by atoms with Gasteiger partial charge in [-0.3, -0.25) is 9.36 Å². The number of carbonyl (C=O) groups excluding carboxylic acids is 1. The summed E-state index contributed by atoms with van der Waals surface area (Å²) in [6, 6.07) is 32.0. The van der Waals surface area contributed by atoms with Crippen LogP contribution in [0, 0.1) is 0 Å². The molecule has 1 aliphatic rings. The Hall–Kier alpha value is -5.18. The SMILES string of the molecule is CCOC(=O)C1=C(c2ccccc2)N=c2s/c(=C\c3cn(Cc4ccccc4Cl)c4ccccc34)c(=O)n2[C@@H]1c1ccc(OC)cc1. The highest BCUT2D eigenvalue weighted by molar-refractivity contribution is 7.07. The first-order valence-corrected chi connectivity index (χ1v) is 16.4. The predicted molar refractivity (Wildman–Crippen MR) is 187 cm³/mol. The third kappa shape index (κ3) is 5.71. The van der Waals surface area contributed by atoms with E-state index in [9.17, 15) is 9.59 Å². The van der Waals surface area contributed by atoms with Crippen LogP contribution in [0.3, 0.4) is 0 Å². The van der Waals surface area contributed by atoms with Crippen molar-refractivity contribution >= 4 is 51.6 Å². The number of methoxy groups -OCH3 is 1. The number of hydrogen-bond acceptors (Lipinski definition) is 6. The summed E-state index contributed by atoms with van der Waals surface area (Å²) in [5.41, 5.74) is 4.96. The molecule has 0 amide bonds. The lowest BCUT2D eigenvalue weighted by Crippen LogP contribution is -2.40. The lowest BCUT2D eigenvalue weighted by atomic mass is 9.93. The first-order valence-electron chi connectivity index (χ1n) is 15.2. The van der Waals surface area contributed by atoms with E-state index in [1.54, 1.807) is 18.6 Å². The summed E-state index contributed by atoms with van der Waals surface area (Å²) in [6.45, 7) is 2.53. The molecule has 0 fully saturated rings. The number of esters is 1. The molecule has 0 saturated heterocycles. The minimum absolute atomic E-state index is 0.183. The van der Waals surface area contributed by atoms with Gasteiger partial charge in [-0.05, 0) is 48.4 Å². The maximum Gasteiger partial charge on any atom is 0.338 e. The van der Waals surface area contributed by atoms with Crippen LogP contribution < -0.4 is 19.6 Å². The van der Waals surface area contributed by atoms with Crippen molar-refractivity contribution in [2.45, 2.75) is 19.5 Å². The topological polar surface area (TPSA) is 74.8 Å². The van der Waals surface area contributed by atoms with Crippen LogP contribution in [0.5, 0.6) is 5.75 Å². The van der Waals surface area contributed by atoms with Crippen LogP contribution >= 0.6 is 22.9 Å². The largest absolute Gasteiger partial charge is 0.497 e. The quantitative estimate of drug-likeness (QED) is 0.173. The zero-order valence-corrected chi connectivity index (χ0v) is 27.3. The Bertz CT molecular complexity index is 2340. The second kappa shape index (κ2) is 12.9. The number of para-hydroxylation sites is 1. The van der Waals surface area contributed by atoms with Crippen LogP contribution in [0.2, 0.25) is 5.02 Å². The lowest BCUT2D eigenvalue weighted by Gasteiger charge is -2.26. The number of thiazole rings is 1. The first-order chi connectivity index (χ1) is 23.0. The van der Waals surface area contributed by atoms with Crippen molar-refractivity contribution in [3.05, 3.63) is 162 Å². The van der Waals surface area contributed by atoms with Crippen molar-refractivity contribution in [3.63, 3.8) is 0 Å². The van der Waals surface area contributed by atoms with Crippen LogP contribution in [0.25, 0.3) is 22.7 Å². The number of ether oxygens (including phenoxy) is 2. The van der Waals surface area contributed by atoms with Crippen LogP contribution in [-0.4, -0.2) is 28.8 Å². The van der Waals surface area contributed by atoms with Gasteiger partial charge in [0.05, 0.1) is 35.6 Å². The van der Waals surface area contributed by atoms with Gasteiger partial charge in [0, 0.05) is 39.8 Å². The van der Waals surface area contributed by atoms with Gasteiger partial charge in [-0.15, -0.1) is 0 Å². The molecule has 0 radical (unpaired) electrons. The highest BCUT2D eigenvalue weighted by atomic mass is 35.5. The molecule has 0 aliphatic carbocycles. The van der Waals surface area contributed by atoms with E-state index in [4.69, 9.17) is 26.1 Å². The van der Waals surface area contributed by atoms with Crippen molar-refractivity contribution in [2.24, 2.45) is 4.99 Å². The van der Waals surface area contributed by atoms with Gasteiger partial charge in [0.15, 0.2) is 4.80 Å². The fraction of sp³-hybridized carbons (Fsp3) is 0.132. The molecule has 7 nitrogen and oxygen atoms in total. The zero-order valence-electron chi connectivity index (χ0n) is 25.7. The summed E-state index contributed by atoms with van der Waals surface area (Å²) < 4.78 is 15.2. The molecule has 0 N–H and O–H groups in total. The molecule has 7 rings (SSSR count). The molecule has 0 spiro atoms. The van der Waals surface area contributed by atoms with Crippen LogP contribution in [-0.2, 0) is 16.1 Å². The fourth-order valence-electron chi connectivity index (χ4n) is 6.01. The zero-order chi connectivity index (χ0) is 32.5. The maximum absolute atomic E-state index is 14.4. The van der Waals surface area contributed by atoms with E-state index in [1.807, 2.05) is 109 Å². The van der Waals surface area contributed by atoms with Crippen LogP contribution in [0.1, 0.15) is 35.2 Å². The van der Waals surface area contributed by atoms with E-state index in [-0.39, 0.29) is 12.2 Å². The molecule has 4 aromatic carbocycles. The molecule has 9 heteroatoms. The predicted octanol–water partition coefficient (Wildman–Crippen LogP) is 6.60. The van der Waals surface area contributed by atoms with Gasteiger partial charge in [0.2, 0.25) is 0 Å². The van der Waals surface area contributed by atoms with E-state index >= 15 is 0 Å². The Morgan fingerprint density at radius 1 is 0.957 bits per heavy atom. The number of benzene rings is 4. The second-order valence-corrected chi connectivity index (χ2v) is 12.4. The van der Waals surface area contributed by atoms with Crippen molar-refractivity contribution in [2.75, 3.05) is 13.7 Å². The highest BCUT2D eigenvalue weighted by Crippen LogP contribution is 2.36. The summed E-state index contributed by atoms with van der Waals surface area (Å²) in [5, 5.41) is 1.71. The number of hydrogen-bond donors (Lipinski definition) is 0. The highest BCUT2D eigenvalue weighted by Gasteiger charge is 2.35. The van der Waals surface area contributed by atoms with Crippen molar-refractivity contribution in [1.29, 1.82) is 0 Å². The van der Waals surface area contributed by atoms with Crippen molar-refractivity contribution < 1.29 is 14.3 Å². The molecule has 0 bridgehead atoms. The minimum atomic E-state index is -0.768. The monoisotopic (exact) mass is 659 g/mol. The fourth-order valence-corrected chi connectivity index (χ4v) is 7.20. The molecule has 234 valence electrons. The molecule has 0 unspecified atom stereocenters. The average Bonchev–Trinajstić information content (AvgIpc) is 3.61. The summed E-state index contributed by atoms with van der Waals surface area (Å²) in [6.07, 6.45) is 3.96. The standard InChI is InChI=1S/C38H30ClN3O4S/c1-3-46-37(44)33-34(24-11-5-4-6-12-24)40-38-42(35(33)25-17-19-28(45-2)20-18-25)36(43)32(47-38)21-27-23-41(31-16-10-8-14-29(27)31)22-26-13-7-9-15-30(26)39/h4-21,23,35H,3,22H2,1-2H3/b32-21-/t35-/m1/s1. The average molecular weight is 660 g/mol. The van der Waals surface area contributed by atoms with E-state index in [0.717, 1.165) is 33.2 Å². The molecule has 3 heterocycles. The number of rotatable bonds is 8. The molecule has 2 aromatic heterocycles. The third-order valence-electron chi connectivity index (χ3n) is 8.21. The summed E-state index contributed by atoms with van der Waals surface area (Å²) in [4.78, 5) is 33.6. The van der Waals surface area contributed by atoms with Gasteiger partial charge < -0.3 is 14.0 Å². The smallest absolute Gasteiger partial charge is 0.338 e. The minimum Gasteiger partial charge on any atom is -0.497 e. The number of fused-ring (bicyclic) bond motifs is 2. The van der Waals surface area contributed by atoms with E-state index in [0.29, 0.717) is 37.9 Å². The summed E-state index contributed by atoms with van der Waals surface area (Å²) in [7, 11) is 1.60. The van der Waals surface area contributed by atoms with Gasteiger partial charge in [-0.1, -0.05) is 102 Å². The van der Waals surface area contributed by atoms with Gasteiger partial charge in [-0.2, -0.15) is 0 Å². The Morgan fingerprint density at radius 3 is 2.43 bits per heavy atom. The van der Waals surface area contributed by atoms with Crippen LogP contribution in [0.4, 0.5) is 0 Å². The Balaban J connectivity index is 1.45. The summed E-state index contributed by atoms with van der Waals surface area (Å²) in [5.74, 6) is 0.145. The van der Waals surface area contributed by atoms with Crippen LogP contribution in [0.15, 0.2) is 125 Å². The molecular formula is C38H30ClN3O4S. The number of halogens is 1. The van der Waals surface area contributed by atoms with Gasteiger partial charge in [-0.25, -0.2) is 9.79 Å². The molecule has 47 heavy (non-hydrogen) atoms. The lowest BCUT2D eigenvalue weighted by molar-refractivity contribution is -0.138. The third-order valence-corrected chi connectivity index (χ3v) is 9.56. The van der Waals surface area contributed by atoms with Gasteiger partial charge >= 0.3 is 5.97 Å². The Morgan fingerprint density at radius 2 is 1.68 bits per heavy atom.